The van der Waals surface area contributed by atoms with Crippen LogP contribution in [0.1, 0.15) is 11.1 Å². The molecule has 41 heteroatoms. The van der Waals surface area contributed by atoms with Gasteiger partial charge >= 0.3 is 0 Å². The lowest BCUT2D eigenvalue weighted by atomic mass is 10.1. The Bertz CT molecular complexity index is 4560. The van der Waals surface area contributed by atoms with E-state index >= 15 is 0 Å². The summed E-state index contributed by atoms with van der Waals surface area (Å²) in [6, 6.07) is 12.2. The highest BCUT2D eigenvalue weighted by atomic mass is 32.3. The van der Waals surface area contributed by atoms with E-state index in [4.69, 9.17) is 18.3 Å². The van der Waals surface area contributed by atoms with Gasteiger partial charge < -0.3 is 79.5 Å². The highest BCUT2D eigenvalue weighted by Gasteiger charge is 2.27. The minimum absolute atomic E-state index is 0.104. The van der Waals surface area contributed by atoms with Crippen molar-refractivity contribution in [3.63, 3.8) is 0 Å². The third-order valence-corrected chi connectivity index (χ3v) is 12.0. The molecule has 34 nitrogen and oxygen atoms in total. The number of rotatable bonds is 22. The van der Waals surface area contributed by atoms with Gasteiger partial charge in [0.25, 0.3) is 72.8 Å². The van der Waals surface area contributed by atoms with Crippen LogP contribution in [-0.4, -0.2) is 90.8 Å². The van der Waals surface area contributed by atoms with Gasteiger partial charge in [-0.25, -0.2) is 58.9 Å². The molecule has 79 heavy (non-hydrogen) atoms. The predicted molar refractivity (Wildman–Crippen MR) is 243 cm³/mol. The smallest absolute Gasteiger partial charge is 0.262 e. The van der Waals surface area contributed by atoms with E-state index in [1.165, 1.54) is 24.3 Å². The van der Waals surface area contributed by atoms with Crippen LogP contribution < -0.4 is 49.6 Å². The summed E-state index contributed by atoms with van der Waals surface area (Å²) in [6.07, 6.45) is 0. The molecule has 0 atom stereocenters. The molecule has 0 fully saturated rings. The summed E-state index contributed by atoms with van der Waals surface area (Å²) < 4.78 is 294. The molecule has 0 aliphatic heterocycles. The lowest BCUT2D eigenvalue weighted by Crippen LogP contribution is -2.17. The lowest BCUT2D eigenvalue weighted by Gasteiger charge is -2.18. The van der Waals surface area contributed by atoms with Crippen molar-refractivity contribution in [1.82, 2.24) is 0 Å². The Morgan fingerprint density at radius 1 is 0.342 bits per heavy atom. The maximum atomic E-state index is 14.1. The van der Waals surface area contributed by atoms with Crippen LogP contribution in [0.4, 0.5) is 0 Å². The van der Waals surface area contributed by atoms with E-state index in [0.717, 1.165) is 24.3 Å². The zero-order valence-electron chi connectivity index (χ0n) is 37.3. The van der Waals surface area contributed by atoms with E-state index in [1.54, 1.807) is 0 Å². The van der Waals surface area contributed by atoms with Gasteiger partial charge in [-0.2, -0.15) is 0 Å². The van der Waals surface area contributed by atoms with Gasteiger partial charge in [0.2, 0.25) is 22.4 Å². The second kappa shape index (κ2) is 21.4. The van der Waals surface area contributed by atoms with Crippen LogP contribution in [0.2, 0.25) is 0 Å². The molecule has 0 amide bonds. The fourth-order valence-electron chi connectivity index (χ4n) is 6.62. The Morgan fingerprint density at radius 2 is 0.684 bits per heavy atom. The fraction of sp³-hybridized carbons (Fsp3) is 0.0526. The monoisotopic (exact) mass is 1240 g/mol. The molecule has 0 spiro atoms. The third kappa shape index (κ3) is 16.1. The van der Waals surface area contributed by atoms with Crippen molar-refractivity contribution >= 4 is 94.7 Å². The Labute approximate surface area is 441 Å². The average molecular weight is 1240 g/mol. The SMILES string of the molecule is O=c1c(OS(=O)(=O)[O-])c(-c2ccc(OS(=O)(=O)[O-])cc2)oc2cc(OS(=O)(=O)[O-])cc(OCc3ccc(COc4cc(OS(=O)(=O)[O-])cc5oc(-c6ccc(OS(=O)(=O)[O-])c(OS(=O)(=O)[O-])c6)c(OS(=O)(=O)[O-])c(=O)c45)cc3)c12. The maximum absolute atomic E-state index is 14.1. The van der Waals surface area contributed by atoms with E-state index in [0.29, 0.717) is 42.5 Å². The molecule has 0 saturated heterocycles. The van der Waals surface area contributed by atoms with Crippen LogP contribution in [0.25, 0.3) is 44.6 Å². The molecular weight excluding hydrogens is 1220 g/mol. The summed E-state index contributed by atoms with van der Waals surface area (Å²) in [5.74, 6) is -11.7. The van der Waals surface area contributed by atoms with Crippen LogP contribution in [0.15, 0.2) is 109 Å². The van der Waals surface area contributed by atoms with Gasteiger partial charge in [0.15, 0.2) is 23.0 Å². The van der Waals surface area contributed by atoms with Crippen molar-refractivity contribution < 1.29 is 138 Å². The summed E-state index contributed by atoms with van der Waals surface area (Å²) in [7, 11) is -40.0. The van der Waals surface area contributed by atoms with Crippen LogP contribution >= 0.6 is 0 Å². The highest BCUT2D eigenvalue weighted by Crippen LogP contribution is 2.42. The molecular formula is C38H19O34S7-7. The van der Waals surface area contributed by atoms with E-state index < -0.39 is 188 Å². The van der Waals surface area contributed by atoms with Gasteiger partial charge in [0.1, 0.15) is 63.9 Å². The summed E-state index contributed by atoms with van der Waals surface area (Å²) in [5.41, 5.74) is -5.76. The molecule has 7 aromatic rings. The van der Waals surface area contributed by atoms with Crippen molar-refractivity contribution in [2.45, 2.75) is 13.2 Å². The van der Waals surface area contributed by atoms with Gasteiger partial charge in [-0.1, -0.05) is 24.3 Å². The molecule has 7 rings (SSSR count). The topological polar surface area (TPSA) is 544 Å². The van der Waals surface area contributed by atoms with E-state index in [1.807, 2.05) is 0 Å². The van der Waals surface area contributed by atoms with Gasteiger partial charge in [-0.05, 0) is 53.6 Å². The zero-order chi connectivity index (χ0) is 58.4. The van der Waals surface area contributed by atoms with Crippen molar-refractivity contribution in [2.24, 2.45) is 0 Å². The first-order valence-corrected chi connectivity index (χ1v) is 29.0. The van der Waals surface area contributed by atoms with Crippen LogP contribution in [-0.2, 0) is 86.0 Å². The molecule has 0 aliphatic rings. The molecule has 424 valence electrons. The lowest BCUT2D eigenvalue weighted by molar-refractivity contribution is 0.304. The summed E-state index contributed by atoms with van der Waals surface area (Å²) in [6.45, 7) is -1.33. The van der Waals surface area contributed by atoms with Crippen molar-refractivity contribution in [1.29, 1.82) is 0 Å². The van der Waals surface area contributed by atoms with Gasteiger partial charge in [0, 0.05) is 35.4 Å². The Morgan fingerprint density at radius 3 is 1.06 bits per heavy atom. The molecule has 0 bridgehead atoms. The maximum Gasteiger partial charge on any atom is 0.262 e. The molecule has 0 radical (unpaired) electrons. The summed E-state index contributed by atoms with van der Waals surface area (Å²) in [4.78, 5) is 28.0. The quantitative estimate of drug-likeness (QED) is 0.0649. The van der Waals surface area contributed by atoms with Crippen molar-refractivity contribution in [3.05, 3.63) is 123 Å². The molecule has 0 aliphatic carbocycles. The Balaban J connectivity index is 1.25. The van der Waals surface area contributed by atoms with E-state index in [9.17, 15) is 100 Å². The number of hydrogen-bond donors (Lipinski definition) is 0. The summed E-state index contributed by atoms with van der Waals surface area (Å²) >= 11 is 0. The minimum atomic E-state index is -6.00. The summed E-state index contributed by atoms with van der Waals surface area (Å²) in [5, 5.41) is -1.70. The number of fused-ring (bicyclic) bond motifs is 2. The number of benzene rings is 5. The van der Waals surface area contributed by atoms with Crippen LogP contribution in [0.3, 0.4) is 0 Å². The van der Waals surface area contributed by atoms with Gasteiger partial charge in [0.05, 0.1) is 0 Å². The van der Waals surface area contributed by atoms with Crippen LogP contribution in [0, 0.1) is 0 Å². The van der Waals surface area contributed by atoms with Crippen molar-refractivity contribution in [3.8, 4) is 74.4 Å². The molecule has 2 heterocycles. The largest absolute Gasteiger partial charge is 0.716 e. The molecule has 0 saturated carbocycles. The fourth-order valence-corrected chi connectivity index (χ4v) is 9.05. The van der Waals surface area contributed by atoms with E-state index in [-0.39, 0.29) is 16.7 Å². The predicted octanol–water partition coefficient (Wildman–Crippen LogP) is 0.264. The van der Waals surface area contributed by atoms with Gasteiger partial charge in [-0.3, -0.25) is 9.59 Å². The first-order chi connectivity index (χ1) is 36.3. The second-order valence-electron chi connectivity index (χ2n) is 14.8. The molecule has 5 aromatic carbocycles. The first-order valence-electron chi connectivity index (χ1n) is 19.7. The van der Waals surface area contributed by atoms with Gasteiger partial charge in [-0.15, -0.1) is 0 Å². The molecule has 0 unspecified atom stereocenters. The highest BCUT2D eigenvalue weighted by molar-refractivity contribution is 7.82. The normalized spacial score (nSPS) is 12.6. The Hall–Kier alpha value is -7.91. The average Bonchev–Trinajstić information content (AvgIpc) is 3.31. The van der Waals surface area contributed by atoms with Crippen LogP contribution in [0.5, 0.6) is 51.7 Å². The first kappa shape index (κ1) is 58.8. The number of ether oxygens (including phenoxy) is 2. The zero-order valence-corrected chi connectivity index (χ0v) is 43.0. The van der Waals surface area contributed by atoms with E-state index in [2.05, 4.69) is 29.3 Å². The molecule has 2 aromatic heterocycles. The Kier molecular flexibility index (Phi) is 15.9. The molecule has 0 N–H and O–H groups in total. The third-order valence-electron chi connectivity index (χ3n) is 9.27. The standard InChI is InChI=1S/C38H26O34S7/c39-33-31-27(12-23(67-74(44,45)46)14-29(31)64-35(37(33)71-78(56,57)58)20-5-8-22(9-6-20)66-73(41,42)43)62-16-18-1-3-19(4-2-18)17-63-28-13-24(68-75(47,48)49)15-30-32(28)34(40)38(72-79(59,60)61)36(65-30)21-7-10-25(69-76(50,51)52)26(11-21)70-77(53,54)55/h1-15H,16-17H2,(H,41,42,43)(H,44,45,46)(H,47,48,49)(H,50,51,52)(H,53,54,55)(H,56,57,58)(H,59,60,61)/p-7. The second-order valence-corrected chi connectivity index (χ2v) is 21.7. The minimum Gasteiger partial charge on any atom is -0.716 e. The van der Waals surface area contributed by atoms with Crippen molar-refractivity contribution in [2.75, 3.05) is 0 Å². The number of hydrogen-bond acceptors (Lipinski definition) is 34.